The Hall–Kier alpha value is -3.63. The fourth-order valence-corrected chi connectivity index (χ4v) is 2.84. The highest BCUT2D eigenvalue weighted by Crippen LogP contribution is 2.30. The molecule has 8 heteroatoms. The molecule has 0 spiro atoms. The highest BCUT2D eigenvalue weighted by atomic mass is 35.5. The van der Waals surface area contributed by atoms with Crippen molar-refractivity contribution in [1.82, 2.24) is 20.2 Å². The molecule has 0 unspecified atom stereocenters. The number of ether oxygens (including phenoxy) is 1. The van der Waals surface area contributed by atoms with Gasteiger partial charge in [0.1, 0.15) is 29.7 Å². The molecule has 0 saturated carbocycles. The third-order valence-electron chi connectivity index (χ3n) is 3.96. The van der Waals surface area contributed by atoms with Crippen molar-refractivity contribution in [2.45, 2.75) is 6.61 Å². The molecule has 132 valence electrons. The van der Waals surface area contributed by atoms with Crippen LogP contribution in [0.4, 0.5) is 11.5 Å². The monoisotopic (exact) mass is 376 g/mol. The SMILES string of the molecule is N#Cc1ccccc1COc1ccc(Nc2ncnc3cn[nH]c23)cc1Cl. The fourth-order valence-electron chi connectivity index (χ4n) is 2.60. The summed E-state index contributed by atoms with van der Waals surface area (Å²) < 4.78 is 5.78. The number of H-pyrrole nitrogens is 1. The van der Waals surface area contributed by atoms with E-state index in [1.54, 1.807) is 24.4 Å². The number of anilines is 2. The Morgan fingerprint density at radius 1 is 1.19 bits per heavy atom. The van der Waals surface area contributed by atoms with Gasteiger partial charge in [-0.25, -0.2) is 9.97 Å². The number of fused-ring (bicyclic) bond motifs is 1. The van der Waals surface area contributed by atoms with Gasteiger partial charge in [0.05, 0.1) is 22.9 Å². The molecule has 0 saturated heterocycles. The maximum atomic E-state index is 9.15. The lowest BCUT2D eigenvalue weighted by Gasteiger charge is -2.11. The van der Waals surface area contributed by atoms with Crippen molar-refractivity contribution in [2.24, 2.45) is 0 Å². The maximum absolute atomic E-state index is 9.15. The summed E-state index contributed by atoms with van der Waals surface area (Å²) in [7, 11) is 0. The lowest BCUT2D eigenvalue weighted by Crippen LogP contribution is -1.99. The van der Waals surface area contributed by atoms with Crippen LogP contribution in [0.2, 0.25) is 5.02 Å². The van der Waals surface area contributed by atoms with Gasteiger partial charge in [0, 0.05) is 11.3 Å². The lowest BCUT2D eigenvalue weighted by molar-refractivity contribution is 0.306. The van der Waals surface area contributed by atoms with Gasteiger partial charge in [0.2, 0.25) is 0 Å². The number of nitriles is 1. The number of rotatable bonds is 5. The van der Waals surface area contributed by atoms with Crippen LogP contribution in [0.15, 0.2) is 55.0 Å². The Bertz CT molecular complexity index is 1150. The molecule has 27 heavy (non-hydrogen) atoms. The molecule has 0 radical (unpaired) electrons. The molecule has 2 N–H and O–H groups in total. The Labute approximate surface area is 159 Å². The van der Waals surface area contributed by atoms with Crippen molar-refractivity contribution >= 4 is 34.1 Å². The van der Waals surface area contributed by atoms with Crippen LogP contribution in [-0.4, -0.2) is 20.2 Å². The van der Waals surface area contributed by atoms with Crippen LogP contribution >= 0.6 is 11.6 Å². The van der Waals surface area contributed by atoms with Gasteiger partial charge in [-0.15, -0.1) is 0 Å². The number of hydrogen-bond donors (Lipinski definition) is 2. The second kappa shape index (κ2) is 7.32. The molecule has 0 fully saturated rings. The summed E-state index contributed by atoms with van der Waals surface area (Å²) in [5.74, 6) is 1.13. The molecule has 0 atom stereocenters. The Morgan fingerprint density at radius 3 is 2.93 bits per heavy atom. The van der Waals surface area contributed by atoms with E-state index in [0.717, 1.165) is 16.8 Å². The smallest absolute Gasteiger partial charge is 0.159 e. The number of aromatic nitrogens is 4. The third-order valence-corrected chi connectivity index (χ3v) is 4.25. The zero-order valence-corrected chi connectivity index (χ0v) is 14.7. The summed E-state index contributed by atoms with van der Waals surface area (Å²) >= 11 is 6.35. The predicted octanol–water partition coefficient (Wildman–Crippen LogP) is 4.20. The maximum Gasteiger partial charge on any atom is 0.159 e. The number of nitrogens with zero attached hydrogens (tertiary/aromatic N) is 4. The topological polar surface area (TPSA) is 99.5 Å². The summed E-state index contributed by atoms with van der Waals surface area (Å²) in [5.41, 5.74) is 3.57. The molecule has 2 heterocycles. The van der Waals surface area contributed by atoms with Crippen molar-refractivity contribution in [3.8, 4) is 11.8 Å². The van der Waals surface area contributed by atoms with E-state index in [9.17, 15) is 0 Å². The number of hydrogen-bond acceptors (Lipinski definition) is 6. The molecule has 0 aliphatic rings. The second-order valence-electron chi connectivity index (χ2n) is 5.68. The number of benzene rings is 2. The van der Waals surface area contributed by atoms with Crippen LogP contribution < -0.4 is 10.1 Å². The first-order valence-corrected chi connectivity index (χ1v) is 8.44. The molecule has 0 aliphatic heterocycles. The van der Waals surface area contributed by atoms with Crippen LogP contribution in [-0.2, 0) is 6.61 Å². The van der Waals surface area contributed by atoms with Gasteiger partial charge in [0.15, 0.2) is 5.82 Å². The summed E-state index contributed by atoms with van der Waals surface area (Å²) in [6.45, 7) is 0.261. The first-order valence-electron chi connectivity index (χ1n) is 8.06. The first kappa shape index (κ1) is 16.8. The highest BCUT2D eigenvalue weighted by molar-refractivity contribution is 6.32. The molecule has 0 aliphatic carbocycles. The molecule has 7 nitrogen and oxygen atoms in total. The van der Waals surface area contributed by atoms with Gasteiger partial charge in [-0.1, -0.05) is 29.8 Å². The Morgan fingerprint density at radius 2 is 2.07 bits per heavy atom. The van der Waals surface area contributed by atoms with Gasteiger partial charge in [0.25, 0.3) is 0 Å². The van der Waals surface area contributed by atoms with E-state index < -0.39 is 0 Å². The van der Waals surface area contributed by atoms with Crippen molar-refractivity contribution < 1.29 is 4.74 Å². The van der Waals surface area contributed by atoms with Crippen LogP contribution in [0, 0.1) is 11.3 Å². The zero-order chi connectivity index (χ0) is 18.6. The van der Waals surface area contributed by atoms with Gasteiger partial charge in [-0.3, -0.25) is 5.10 Å². The zero-order valence-electron chi connectivity index (χ0n) is 14.0. The van der Waals surface area contributed by atoms with Crippen molar-refractivity contribution in [3.05, 3.63) is 71.1 Å². The summed E-state index contributed by atoms with van der Waals surface area (Å²) in [4.78, 5) is 8.35. The average Bonchev–Trinajstić information content (AvgIpc) is 3.17. The third kappa shape index (κ3) is 3.52. The minimum atomic E-state index is 0.261. The minimum Gasteiger partial charge on any atom is -0.487 e. The fraction of sp³-hybridized carbons (Fsp3) is 0.0526. The standard InChI is InChI=1S/C19H13ClN6O/c20-15-7-14(25-19-18-16(9-24-26-18)22-11-23-19)5-6-17(15)27-10-13-4-2-1-3-12(13)8-21/h1-7,9,11H,10H2,(H,24,26)(H,22,23,25). The molecule has 0 bridgehead atoms. The number of nitrogens with one attached hydrogen (secondary N) is 2. The Kier molecular flexibility index (Phi) is 4.56. The summed E-state index contributed by atoms with van der Waals surface area (Å²) in [6.07, 6.45) is 3.09. The predicted molar refractivity (Wildman–Crippen MR) is 102 cm³/mol. The van der Waals surface area contributed by atoms with Crippen LogP contribution in [0.5, 0.6) is 5.75 Å². The molecule has 4 aromatic rings. The second-order valence-corrected chi connectivity index (χ2v) is 6.09. The quantitative estimate of drug-likeness (QED) is 0.541. The van der Waals surface area contributed by atoms with Crippen molar-refractivity contribution in [1.29, 1.82) is 5.26 Å². The van der Waals surface area contributed by atoms with E-state index in [2.05, 4.69) is 31.6 Å². The van der Waals surface area contributed by atoms with Crippen molar-refractivity contribution in [3.63, 3.8) is 0 Å². The highest BCUT2D eigenvalue weighted by Gasteiger charge is 2.09. The van der Waals surface area contributed by atoms with E-state index in [0.29, 0.717) is 27.7 Å². The van der Waals surface area contributed by atoms with Gasteiger partial charge in [-0.2, -0.15) is 10.4 Å². The molecular weight excluding hydrogens is 364 g/mol. The van der Waals surface area contributed by atoms with Gasteiger partial charge < -0.3 is 10.1 Å². The van der Waals surface area contributed by atoms with Gasteiger partial charge >= 0.3 is 0 Å². The summed E-state index contributed by atoms with van der Waals surface area (Å²) in [5, 5.41) is 19.6. The van der Waals surface area contributed by atoms with E-state index in [4.69, 9.17) is 21.6 Å². The molecule has 2 aromatic carbocycles. The Balaban J connectivity index is 1.51. The van der Waals surface area contributed by atoms with Crippen LogP contribution in [0.25, 0.3) is 11.0 Å². The van der Waals surface area contributed by atoms with Crippen LogP contribution in [0.3, 0.4) is 0 Å². The average molecular weight is 377 g/mol. The van der Waals surface area contributed by atoms with Crippen LogP contribution in [0.1, 0.15) is 11.1 Å². The largest absolute Gasteiger partial charge is 0.487 e. The van der Waals surface area contributed by atoms with E-state index in [1.807, 2.05) is 24.3 Å². The number of aromatic amines is 1. The summed E-state index contributed by atoms with van der Waals surface area (Å²) in [6, 6.07) is 14.8. The molecule has 0 amide bonds. The number of halogens is 1. The lowest BCUT2D eigenvalue weighted by atomic mass is 10.1. The minimum absolute atomic E-state index is 0.261. The normalized spacial score (nSPS) is 10.5. The molecular formula is C19H13ClN6O. The van der Waals surface area contributed by atoms with E-state index in [-0.39, 0.29) is 6.61 Å². The van der Waals surface area contributed by atoms with Gasteiger partial charge in [-0.05, 0) is 24.3 Å². The molecule has 2 aromatic heterocycles. The van der Waals surface area contributed by atoms with E-state index >= 15 is 0 Å². The van der Waals surface area contributed by atoms with E-state index in [1.165, 1.54) is 6.33 Å². The van der Waals surface area contributed by atoms with Crippen molar-refractivity contribution in [2.75, 3.05) is 5.32 Å². The molecule has 4 rings (SSSR count). The first-order chi connectivity index (χ1) is 13.2.